The number of rotatable bonds is 4. The topological polar surface area (TPSA) is 48.2 Å². The molecular formula is C12H13ClN2O2. The molecule has 17 heavy (non-hydrogen) atoms. The number of ether oxygens (including phenoxy) is 1. The van der Waals surface area contributed by atoms with Crippen molar-refractivity contribution in [3.63, 3.8) is 0 Å². The highest BCUT2D eigenvalue weighted by Gasteiger charge is 2.12. The fourth-order valence-corrected chi connectivity index (χ4v) is 1.80. The number of methoxy groups -OCH3 is 1. The van der Waals surface area contributed by atoms with Gasteiger partial charge in [-0.15, -0.1) is 11.6 Å². The number of hydrogen-bond donors (Lipinski definition) is 0. The Kier molecular flexibility index (Phi) is 3.64. The molecule has 0 aliphatic carbocycles. The van der Waals surface area contributed by atoms with Gasteiger partial charge in [-0.1, -0.05) is 0 Å². The lowest BCUT2D eigenvalue weighted by Gasteiger charge is -2.06. The summed E-state index contributed by atoms with van der Waals surface area (Å²) in [7, 11) is 1.57. The van der Waals surface area contributed by atoms with Crippen molar-refractivity contribution in [3.05, 3.63) is 41.7 Å². The molecule has 0 saturated carbocycles. The van der Waals surface area contributed by atoms with Gasteiger partial charge in [0.1, 0.15) is 12.1 Å². The predicted octanol–water partition coefficient (Wildman–Crippen LogP) is 2.91. The Hall–Kier alpha value is -1.55. The van der Waals surface area contributed by atoms with Gasteiger partial charge in [0.25, 0.3) is 0 Å². The molecule has 0 bridgehead atoms. The molecule has 0 aromatic carbocycles. The van der Waals surface area contributed by atoms with Gasteiger partial charge in [0, 0.05) is 23.7 Å². The maximum absolute atomic E-state index is 6.29. The third-order valence-electron chi connectivity index (χ3n) is 2.41. The molecular weight excluding hydrogens is 240 g/mol. The van der Waals surface area contributed by atoms with Crippen molar-refractivity contribution >= 4 is 11.6 Å². The summed E-state index contributed by atoms with van der Waals surface area (Å²) in [5, 5.41) is -0.160. The second-order valence-corrected chi connectivity index (χ2v) is 4.24. The van der Waals surface area contributed by atoms with Crippen LogP contribution in [0.3, 0.4) is 0 Å². The first-order valence-electron chi connectivity index (χ1n) is 5.23. The van der Waals surface area contributed by atoms with Gasteiger partial charge >= 0.3 is 0 Å². The van der Waals surface area contributed by atoms with Crippen molar-refractivity contribution < 1.29 is 9.15 Å². The van der Waals surface area contributed by atoms with Crippen LogP contribution in [0.2, 0.25) is 0 Å². The standard InChI is InChI=1S/C12H13ClN2O2/c1-8-3-9(6-17-8)11(13)4-10-5-12(16-2)15-7-14-10/h3,5-7,11H,4H2,1-2H3. The average Bonchev–Trinajstić information content (AvgIpc) is 2.76. The third-order valence-corrected chi connectivity index (χ3v) is 2.81. The third kappa shape index (κ3) is 2.97. The highest BCUT2D eigenvalue weighted by Crippen LogP contribution is 2.26. The number of hydrogen-bond acceptors (Lipinski definition) is 4. The monoisotopic (exact) mass is 252 g/mol. The maximum Gasteiger partial charge on any atom is 0.216 e. The molecule has 0 spiro atoms. The maximum atomic E-state index is 6.29. The van der Waals surface area contributed by atoms with Gasteiger partial charge in [0.05, 0.1) is 18.8 Å². The summed E-state index contributed by atoms with van der Waals surface area (Å²) in [6.45, 7) is 1.89. The van der Waals surface area contributed by atoms with E-state index >= 15 is 0 Å². The first-order chi connectivity index (χ1) is 8.19. The Labute approximate surface area is 105 Å². The van der Waals surface area contributed by atoms with E-state index in [1.165, 1.54) is 6.33 Å². The van der Waals surface area contributed by atoms with Crippen molar-refractivity contribution in [3.8, 4) is 5.88 Å². The van der Waals surface area contributed by atoms with Crippen molar-refractivity contribution in [2.45, 2.75) is 18.7 Å². The van der Waals surface area contributed by atoms with Crippen LogP contribution in [0, 0.1) is 6.92 Å². The van der Waals surface area contributed by atoms with Crippen LogP contribution < -0.4 is 4.74 Å². The Balaban J connectivity index is 2.09. The zero-order chi connectivity index (χ0) is 12.3. The summed E-state index contributed by atoms with van der Waals surface area (Å²) in [4.78, 5) is 8.10. The fourth-order valence-electron chi connectivity index (χ4n) is 1.53. The first-order valence-corrected chi connectivity index (χ1v) is 5.66. The van der Waals surface area contributed by atoms with Gasteiger partial charge in [-0.2, -0.15) is 0 Å². The molecule has 1 unspecified atom stereocenters. The van der Waals surface area contributed by atoms with Gasteiger partial charge < -0.3 is 9.15 Å². The Morgan fingerprint density at radius 1 is 1.41 bits per heavy atom. The van der Waals surface area contributed by atoms with E-state index in [0.29, 0.717) is 12.3 Å². The fraction of sp³-hybridized carbons (Fsp3) is 0.333. The number of aromatic nitrogens is 2. The van der Waals surface area contributed by atoms with Crippen LogP contribution in [0.15, 0.2) is 29.1 Å². The van der Waals surface area contributed by atoms with Crippen LogP contribution >= 0.6 is 11.6 Å². The molecule has 0 N–H and O–H groups in total. The van der Waals surface area contributed by atoms with Crippen molar-refractivity contribution in [2.24, 2.45) is 0 Å². The number of nitrogens with zero attached hydrogens (tertiary/aromatic N) is 2. The summed E-state index contributed by atoms with van der Waals surface area (Å²) in [6, 6.07) is 3.71. The second kappa shape index (κ2) is 5.19. The van der Waals surface area contributed by atoms with Crippen molar-refractivity contribution in [1.82, 2.24) is 9.97 Å². The van der Waals surface area contributed by atoms with Gasteiger partial charge in [0.15, 0.2) is 0 Å². The molecule has 2 rings (SSSR count). The average molecular weight is 253 g/mol. The lowest BCUT2D eigenvalue weighted by atomic mass is 10.1. The molecule has 2 heterocycles. The van der Waals surface area contributed by atoms with Crippen LogP contribution in [0.25, 0.3) is 0 Å². The van der Waals surface area contributed by atoms with E-state index < -0.39 is 0 Å². The summed E-state index contributed by atoms with van der Waals surface area (Å²) in [6.07, 6.45) is 3.75. The number of halogens is 1. The highest BCUT2D eigenvalue weighted by atomic mass is 35.5. The minimum Gasteiger partial charge on any atom is -0.481 e. The Bertz CT molecular complexity index is 499. The number of alkyl halides is 1. The highest BCUT2D eigenvalue weighted by molar-refractivity contribution is 6.20. The van der Waals surface area contributed by atoms with Gasteiger partial charge in [-0.05, 0) is 13.0 Å². The van der Waals surface area contributed by atoms with Crippen LogP contribution in [0.5, 0.6) is 5.88 Å². The van der Waals surface area contributed by atoms with E-state index in [0.717, 1.165) is 17.0 Å². The van der Waals surface area contributed by atoms with E-state index in [1.807, 2.05) is 13.0 Å². The molecule has 2 aromatic rings. The zero-order valence-corrected chi connectivity index (χ0v) is 10.4. The number of aryl methyl sites for hydroxylation is 1. The molecule has 0 amide bonds. The summed E-state index contributed by atoms with van der Waals surface area (Å²) >= 11 is 6.29. The van der Waals surface area contributed by atoms with Gasteiger partial charge in [-0.3, -0.25) is 0 Å². The smallest absolute Gasteiger partial charge is 0.216 e. The minimum absolute atomic E-state index is 0.160. The lowest BCUT2D eigenvalue weighted by Crippen LogP contribution is -1.99. The quantitative estimate of drug-likeness (QED) is 0.785. The Morgan fingerprint density at radius 2 is 2.24 bits per heavy atom. The molecule has 0 aliphatic rings. The summed E-state index contributed by atoms with van der Waals surface area (Å²) in [5.74, 6) is 1.40. The van der Waals surface area contributed by atoms with E-state index in [9.17, 15) is 0 Å². The molecule has 0 fully saturated rings. The SMILES string of the molecule is COc1cc(CC(Cl)c2coc(C)c2)ncn1. The molecule has 2 aromatic heterocycles. The van der Waals surface area contributed by atoms with Crippen molar-refractivity contribution in [2.75, 3.05) is 7.11 Å². The van der Waals surface area contributed by atoms with E-state index in [2.05, 4.69) is 9.97 Å². The van der Waals surface area contributed by atoms with E-state index in [4.69, 9.17) is 20.8 Å². The zero-order valence-electron chi connectivity index (χ0n) is 9.68. The summed E-state index contributed by atoms with van der Waals surface area (Å²) < 4.78 is 10.3. The molecule has 90 valence electrons. The van der Waals surface area contributed by atoms with Crippen LogP contribution in [-0.2, 0) is 6.42 Å². The van der Waals surface area contributed by atoms with Crippen LogP contribution in [-0.4, -0.2) is 17.1 Å². The normalized spacial score (nSPS) is 12.4. The summed E-state index contributed by atoms with van der Waals surface area (Å²) in [5.41, 5.74) is 1.80. The van der Waals surface area contributed by atoms with E-state index in [1.54, 1.807) is 19.4 Å². The number of furan rings is 1. The van der Waals surface area contributed by atoms with E-state index in [-0.39, 0.29) is 5.38 Å². The van der Waals surface area contributed by atoms with Gasteiger partial charge in [0.2, 0.25) is 5.88 Å². The molecule has 4 nitrogen and oxygen atoms in total. The van der Waals surface area contributed by atoms with Crippen LogP contribution in [0.4, 0.5) is 0 Å². The largest absolute Gasteiger partial charge is 0.481 e. The first kappa shape index (κ1) is 11.9. The van der Waals surface area contributed by atoms with Crippen molar-refractivity contribution in [1.29, 1.82) is 0 Å². The Morgan fingerprint density at radius 3 is 2.88 bits per heavy atom. The van der Waals surface area contributed by atoms with Gasteiger partial charge in [-0.25, -0.2) is 9.97 Å². The lowest BCUT2D eigenvalue weighted by molar-refractivity contribution is 0.396. The molecule has 0 aliphatic heterocycles. The molecule has 0 radical (unpaired) electrons. The predicted molar refractivity (Wildman–Crippen MR) is 64.3 cm³/mol. The molecule has 1 atom stereocenters. The minimum atomic E-state index is -0.160. The second-order valence-electron chi connectivity index (χ2n) is 3.71. The van der Waals surface area contributed by atoms with Crippen LogP contribution in [0.1, 0.15) is 22.4 Å². The molecule has 0 saturated heterocycles. The molecule has 5 heteroatoms.